The summed E-state index contributed by atoms with van der Waals surface area (Å²) in [5.74, 6) is -2.82. The van der Waals surface area contributed by atoms with Crippen molar-refractivity contribution in [2.45, 2.75) is 114 Å². The van der Waals surface area contributed by atoms with E-state index in [0.29, 0.717) is 32.2 Å². The predicted octanol–water partition coefficient (Wildman–Crippen LogP) is 4.48. The quantitative estimate of drug-likeness (QED) is 0.197. The summed E-state index contributed by atoms with van der Waals surface area (Å²) in [7, 11) is 0. The Balaban J connectivity index is 1.47. The predicted molar refractivity (Wildman–Crippen MR) is 181 cm³/mol. The molecule has 0 unspecified atom stereocenters. The molecule has 262 valence electrons. The molecule has 1 saturated carbocycles. The van der Waals surface area contributed by atoms with Gasteiger partial charge < -0.3 is 29.7 Å². The van der Waals surface area contributed by atoms with Gasteiger partial charge in [-0.3, -0.25) is 19.2 Å². The molecule has 5 rings (SSSR count). The maximum absolute atomic E-state index is 14.9. The second-order valence-electron chi connectivity index (χ2n) is 14.3. The lowest BCUT2D eigenvalue weighted by Crippen LogP contribution is -2.60. The maximum Gasteiger partial charge on any atom is 0.306 e. The van der Waals surface area contributed by atoms with Gasteiger partial charge in [-0.2, -0.15) is 0 Å². The number of rotatable bonds is 16. The number of amides is 3. The minimum Gasteiger partial charge on any atom is -0.463 e. The molecule has 48 heavy (non-hydrogen) atoms. The summed E-state index contributed by atoms with van der Waals surface area (Å²) < 4.78 is 12.3. The molecule has 1 aromatic rings. The fourth-order valence-corrected chi connectivity index (χ4v) is 8.63. The first-order valence-electron chi connectivity index (χ1n) is 17.8. The van der Waals surface area contributed by atoms with Gasteiger partial charge in [-0.1, -0.05) is 75.6 Å². The minimum atomic E-state index is -1.18. The highest BCUT2D eigenvalue weighted by Crippen LogP contribution is 2.59. The van der Waals surface area contributed by atoms with Crippen LogP contribution in [0.15, 0.2) is 55.6 Å². The molecule has 1 aliphatic carbocycles. The number of aliphatic hydroxyl groups excluding tert-OH is 1. The highest BCUT2D eigenvalue weighted by Gasteiger charge is 2.75. The lowest BCUT2D eigenvalue weighted by atomic mass is 9.70. The van der Waals surface area contributed by atoms with Gasteiger partial charge in [-0.25, -0.2) is 0 Å². The molecule has 10 nitrogen and oxygen atoms in total. The van der Waals surface area contributed by atoms with Gasteiger partial charge in [0.25, 0.3) is 0 Å². The third kappa shape index (κ3) is 7.10. The van der Waals surface area contributed by atoms with Crippen LogP contribution in [0.2, 0.25) is 0 Å². The first-order valence-corrected chi connectivity index (χ1v) is 17.8. The number of allylic oxidation sites excluding steroid dienone is 1. The van der Waals surface area contributed by atoms with Crippen molar-refractivity contribution in [3.8, 4) is 0 Å². The highest BCUT2D eigenvalue weighted by molar-refractivity contribution is 5.99. The second-order valence-corrected chi connectivity index (χ2v) is 14.3. The first kappa shape index (κ1) is 35.8. The van der Waals surface area contributed by atoms with Crippen LogP contribution in [0.3, 0.4) is 0 Å². The molecule has 3 aliphatic heterocycles. The Morgan fingerprint density at radius 1 is 1.12 bits per heavy atom. The van der Waals surface area contributed by atoms with Crippen LogP contribution in [0.4, 0.5) is 0 Å². The lowest BCUT2D eigenvalue weighted by molar-refractivity contribution is -0.153. The van der Waals surface area contributed by atoms with Crippen molar-refractivity contribution in [2.24, 2.45) is 17.8 Å². The van der Waals surface area contributed by atoms with Crippen molar-refractivity contribution in [3.63, 3.8) is 0 Å². The average molecular weight is 664 g/mol. The summed E-state index contributed by atoms with van der Waals surface area (Å²) in [6.45, 7) is 11.6. The molecule has 3 heterocycles. The highest BCUT2D eigenvalue weighted by atomic mass is 16.5. The van der Waals surface area contributed by atoms with Crippen molar-refractivity contribution in [3.05, 3.63) is 61.2 Å². The Bertz CT molecular complexity index is 1330. The summed E-state index contributed by atoms with van der Waals surface area (Å²) in [5.41, 5.74) is -0.419. The van der Waals surface area contributed by atoms with E-state index in [1.165, 1.54) is 0 Å². The van der Waals surface area contributed by atoms with Crippen LogP contribution in [-0.2, 0) is 28.7 Å². The standard InChI is InChI=1S/C38H53N3O7/c1-5-7-18-31(43)47-24-29(26-14-10-8-11-15-26)39-35(44)32-30-19-20-38(48-30)33(32)36(45)41(28(23-42)22-25(3)4)34(38)37(46)40(21-6-2)27-16-12-9-13-17-27/h5-6,8,10-11,14-15,25,27-30,32-34,42H,1-2,7,9,12-13,16-24H2,3-4H3,(H,39,44)/t28-,29+,30+,32-,33-,34+,38-/m1/s1. The smallest absolute Gasteiger partial charge is 0.306 e. The Morgan fingerprint density at radius 3 is 2.50 bits per heavy atom. The molecule has 4 fully saturated rings. The Kier molecular flexibility index (Phi) is 11.8. The van der Waals surface area contributed by atoms with E-state index in [1.807, 2.05) is 49.1 Å². The van der Waals surface area contributed by atoms with E-state index in [0.717, 1.165) is 37.7 Å². The summed E-state index contributed by atoms with van der Waals surface area (Å²) in [6, 6.07) is 7.12. The molecule has 0 radical (unpaired) electrons. The van der Waals surface area contributed by atoms with Gasteiger partial charge in [0.05, 0.1) is 36.6 Å². The number of esters is 1. The molecule has 3 saturated heterocycles. The third-order valence-corrected chi connectivity index (χ3v) is 10.7. The number of nitrogens with zero attached hydrogens (tertiary/aromatic N) is 2. The van der Waals surface area contributed by atoms with Crippen molar-refractivity contribution >= 4 is 23.7 Å². The molecule has 2 N–H and O–H groups in total. The van der Waals surface area contributed by atoms with Crippen LogP contribution in [0.5, 0.6) is 0 Å². The van der Waals surface area contributed by atoms with E-state index < -0.39 is 47.6 Å². The summed E-state index contributed by atoms with van der Waals surface area (Å²) in [6.07, 6.45) is 10.0. The number of likely N-dealkylation sites (tertiary alicyclic amines) is 1. The van der Waals surface area contributed by atoms with Crippen LogP contribution in [0.1, 0.15) is 89.7 Å². The number of hydrogen-bond acceptors (Lipinski definition) is 7. The van der Waals surface area contributed by atoms with Crippen LogP contribution in [0.25, 0.3) is 0 Å². The largest absolute Gasteiger partial charge is 0.463 e. The topological polar surface area (TPSA) is 125 Å². The van der Waals surface area contributed by atoms with Crippen molar-refractivity contribution in [1.82, 2.24) is 15.1 Å². The van der Waals surface area contributed by atoms with E-state index in [1.54, 1.807) is 17.1 Å². The molecule has 3 amide bonds. The average Bonchev–Trinajstić information content (AvgIpc) is 3.74. The minimum absolute atomic E-state index is 0.0350. The van der Waals surface area contributed by atoms with E-state index >= 15 is 0 Å². The molecule has 4 aliphatic rings. The van der Waals surface area contributed by atoms with E-state index in [9.17, 15) is 24.3 Å². The molecular weight excluding hydrogens is 610 g/mol. The summed E-state index contributed by atoms with van der Waals surface area (Å²) in [4.78, 5) is 59.7. The van der Waals surface area contributed by atoms with Crippen LogP contribution in [0, 0.1) is 17.8 Å². The number of fused-ring (bicyclic) bond motifs is 1. The van der Waals surface area contributed by atoms with Gasteiger partial charge in [-0.05, 0) is 50.0 Å². The van der Waals surface area contributed by atoms with Gasteiger partial charge >= 0.3 is 5.97 Å². The number of nitrogens with one attached hydrogen (secondary N) is 1. The van der Waals surface area contributed by atoms with E-state index in [-0.39, 0.29) is 49.3 Å². The molecular formula is C38H53N3O7. The van der Waals surface area contributed by atoms with E-state index in [2.05, 4.69) is 18.5 Å². The van der Waals surface area contributed by atoms with Crippen molar-refractivity contribution in [2.75, 3.05) is 19.8 Å². The van der Waals surface area contributed by atoms with Gasteiger partial charge in [0.1, 0.15) is 18.2 Å². The number of hydrogen-bond donors (Lipinski definition) is 2. The molecule has 10 heteroatoms. The molecule has 1 spiro atoms. The number of aliphatic hydroxyl groups is 1. The van der Waals surface area contributed by atoms with Crippen molar-refractivity contribution < 1.29 is 33.8 Å². The third-order valence-electron chi connectivity index (χ3n) is 10.7. The molecule has 2 bridgehead atoms. The van der Waals surface area contributed by atoms with Gasteiger partial charge in [-0.15, -0.1) is 13.2 Å². The fraction of sp³-hybridized carbons (Fsp3) is 0.632. The summed E-state index contributed by atoms with van der Waals surface area (Å²) >= 11 is 0. The molecule has 0 aromatic heterocycles. The van der Waals surface area contributed by atoms with Crippen LogP contribution < -0.4 is 5.32 Å². The van der Waals surface area contributed by atoms with Gasteiger partial charge in [0, 0.05) is 19.0 Å². The molecule has 1 aromatic carbocycles. The zero-order chi connectivity index (χ0) is 34.4. The van der Waals surface area contributed by atoms with Gasteiger partial charge in [0.2, 0.25) is 17.7 Å². The SMILES string of the molecule is C=CCCC(=O)OC[C@H](NC(=O)[C@@H]1[C@@H]2CC[C@]3(O2)[C@H](C(=O)N(CC=C)C2CCCCC2)N([C@@H](CO)CC(C)C)C(=O)[C@@H]13)c1ccccc1. The number of benzene rings is 1. The normalized spacial score (nSPS) is 27.8. The Hall–Kier alpha value is -3.50. The van der Waals surface area contributed by atoms with Gasteiger partial charge in [0.15, 0.2) is 0 Å². The number of carbonyl (C=O) groups is 4. The number of carbonyl (C=O) groups excluding carboxylic acids is 4. The summed E-state index contributed by atoms with van der Waals surface area (Å²) in [5, 5.41) is 13.7. The van der Waals surface area contributed by atoms with E-state index in [4.69, 9.17) is 9.47 Å². The fourth-order valence-electron chi connectivity index (χ4n) is 8.63. The monoisotopic (exact) mass is 663 g/mol. The first-order chi connectivity index (χ1) is 23.2. The lowest BCUT2D eigenvalue weighted by Gasteiger charge is -2.42. The van der Waals surface area contributed by atoms with Crippen molar-refractivity contribution in [1.29, 1.82) is 0 Å². The molecule has 7 atom stereocenters. The van der Waals surface area contributed by atoms with Crippen LogP contribution >= 0.6 is 0 Å². The van der Waals surface area contributed by atoms with Crippen LogP contribution in [-0.4, -0.2) is 88.2 Å². The second kappa shape index (κ2) is 15.8. The number of ether oxygens (including phenoxy) is 2. The Morgan fingerprint density at radius 2 is 1.85 bits per heavy atom. The zero-order valence-electron chi connectivity index (χ0n) is 28.6. The Labute approximate surface area is 284 Å². The zero-order valence-corrected chi connectivity index (χ0v) is 28.6. The maximum atomic E-state index is 14.9.